The molecule has 3 aromatic carbocycles. The quantitative estimate of drug-likeness (QED) is 0.312. The highest BCUT2D eigenvalue weighted by Crippen LogP contribution is 2.42. The monoisotopic (exact) mass is 468 g/mol. The van der Waals surface area contributed by atoms with Gasteiger partial charge in [-0.1, -0.05) is 42.5 Å². The molecule has 0 aromatic heterocycles. The van der Waals surface area contributed by atoms with Crippen molar-refractivity contribution in [2.75, 3.05) is 30.0 Å². The van der Waals surface area contributed by atoms with Crippen LogP contribution in [0, 0.1) is 0 Å². The zero-order chi connectivity index (χ0) is 24.4. The van der Waals surface area contributed by atoms with E-state index in [-0.39, 0.29) is 11.3 Å². The molecule has 35 heavy (non-hydrogen) atoms. The summed E-state index contributed by atoms with van der Waals surface area (Å²) in [6.45, 7) is 2.04. The Morgan fingerprint density at radius 1 is 0.857 bits per heavy atom. The molecule has 2 aliphatic rings. The van der Waals surface area contributed by atoms with Crippen molar-refractivity contribution in [3.8, 4) is 5.75 Å². The van der Waals surface area contributed by atoms with Crippen LogP contribution >= 0.6 is 0 Å². The molecule has 178 valence electrons. The molecule has 0 aliphatic carbocycles. The molecular formula is C29H28N2O4. The van der Waals surface area contributed by atoms with Crippen LogP contribution in [0.3, 0.4) is 0 Å². The predicted octanol–water partition coefficient (Wildman–Crippen LogP) is 5.31. The van der Waals surface area contributed by atoms with E-state index in [1.54, 1.807) is 24.3 Å². The number of ether oxygens (including phenoxy) is 1. The van der Waals surface area contributed by atoms with Gasteiger partial charge in [-0.25, -0.2) is 0 Å². The summed E-state index contributed by atoms with van der Waals surface area (Å²) in [6, 6.07) is 23.2. The zero-order valence-corrected chi connectivity index (χ0v) is 19.7. The van der Waals surface area contributed by atoms with Gasteiger partial charge in [-0.3, -0.25) is 14.5 Å². The van der Waals surface area contributed by atoms with Crippen LogP contribution in [0.25, 0.3) is 5.76 Å². The van der Waals surface area contributed by atoms with Crippen molar-refractivity contribution in [1.29, 1.82) is 0 Å². The van der Waals surface area contributed by atoms with Crippen molar-refractivity contribution in [3.63, 3.8) is 0 Å². The number of benzene rings is 3. The van der Waals surface area contributed by atoms with Crippen molar-refractivity contribution >= 4 is 28.8 Å². The van der Waals surface area contributed by atoms with Gasteiger partial charge in [0.1, 0.15) is 11.5 Å². The molecule has 5 rings (SSSR count). The van der Waals surface area contributed by atoms with Gasteiger partial charge in [-0.2, -0.15) is 0 Å². The number of hydrogen-bond acceptors (Lipinski definition) is 5. The summed E-state index contributed by atoms with van der Waals surface area (Å²) in [6.07, 6.45) is 3.60. The summed E-state index contributed by atoms with van der Waals surface area (Å²) in [5.41, 5.74) is 2.96. The van der Waals surface area contributed by atoms with E-state index in [2.05, 4.69) is 4.90 Å². The number of aliphatic hydroxyl groups is 1. The van der Waals surface area contributed by atoms with E-state index in [1.807, 2.05) is 54.6 Å². The number of piperidine rings is 1. The van der Waals surface area contributed by atoms with E-state index in [0.717, 1.165) is 24.3 Å². The first-order valence-electron chi connectivity index (χ1n) is 11.9. The minimum atomic E-state index is -0.747. The van der Waals surface area contributed by atoms with Crippen molar-refractivity contribution in [3.05, 3.63) is 95.6 Å². The third kappa shape index (κ3) is 4.28. The maximum absolute atomic E-state index is 13.3. The lowest BCUT2D eigenvalue weighted by molar-refractivity contribution is -0.132. The van der Waals surface area contributed by atoms with Gasteiger partial charge in [0.25, 0.3) is 11.7 Å². The number of amides is 1. The highest BCUT2D eigenvalue weighted by molar-refractivity contribution is 6.51. The number of hydrogen-bond donors (Lipinski definition) is 1. The molecular weight excluding hydrogens is 440 g/mol. The van der Waals surface area contributed by atoms with Crippen LogP contribution in [0.1, 0.15) is 36.4 Å². The fraction of sp³-hybridized carbons (Fsp3) is 0.241. The third-order valence-corrected chi connectivity index (χ3v) is 6.75. The van der Waals surface area contributed by atoms with Gasteiger partial charge in [-0.15, -0.1) is 0 Å². The lowest BCUT2D eigenvalue weighted by Gasteiger charge is -2.30. The summed E-state index contributed by atoms with van der Waals surface area (Å²) in [4.78, 5) is 30.5. The molecule has 0 bridgehead atoms. The minimum absolute atomic E-state index is 0.0644. The minimum Gasteiger partial charge on any atom is -0.507 e. The van der Waals surface area contributed by atoms with Crippen LogP contribution < -0.4 is 14.5 Å². The molecule has 2 heterocycles. The topological polar surface area (TPSA) is 70.1 Å². The second-order valence-corrected chi connectivity index (χ2v) is 8.88. The van der Waals surface area contributed by atoms with Gasteiger partial charge in [0.15, 0.2) is 0 Å². The van der Waals surface area contributed by atoms with Gasteiger partial charge < -0.3 is 14.7 Å². The molecule has 0 radical (unpaired) electrons. The van der Waals surface area contributed by atoms with Crippen molar-refractivity contribution in [1.82, 2.24) is 0 Å². The summed E-state index contributed by atoms with van der Waals surface area (Å²) in [7, 11) is 1.54. The third-order valence-electron chi connectivity index (χ3n) is 6.75. The molecule has 1 amide bonds. The first kappa shape index (κ1) is 22.7. The zero-order valence-electron chi connectivity index (χ0n) is 19.7. The molecule has 1 unspecified atom stereocenters. The Labute approximate surface area is 205 Å². The second kappa shape index (κ2) is 9.66. The first-order valence-corrected chi connectivity index (χ1v) is 11.9. The van der Waals surface area contributed by atoms with Gasteiger partial charge in [0.05, 0.1) is 18.7 Å². The summed E-state index contributed by atoms with van der Waals surface area (Å²) >= 11 is 0. The Bertz CT molecular complexity index is 1260. The van der Waals surface area contributed by atoms with E-state index in [9.17, 15) is 14.7 Å². The van der Waals surface area contributed by atoms with E-state index in [0.29, 0.717) is 17.0 Å². The molecule has 6 heteroatoms. The number of carbonyl (C=O) groups excluding carboxylic acids is 2. The van der Waals surface area contributed by atoms with Crippen LogP contribution in [-0.4, -0.2) is 37.0 Å². The van der Waals surface area contributed by atoms with Gasteiger partial charge in [0, 0.05) is 30.0 Å². The highest BCUT2D eigenvalue weighted by Gasteiger charge is 2.46. The van der Waals surface area contributed by atoms with Crippen LogP contribution in [-0.2, 0) is 9.59 Å². The first-order chi connectivity index (χ1) is 17.1. The lowest BCUT2D eigenvalue weighted by Crippen LogP contribution is -2.30. The number of anilines is 2. The standard InChI is InChI=1S/C29H28N2O4/c1-35-24-12-8-11-21(19-24)27(32)25-26(20-9-4-2-5-10-20)31(29(34)28(25)33)23-15-13-22(14-16-23)30-17-6-3-7-18-30/h2,4-5,8-16,19,26,32H,3,6-7,17-18H2,1H3/b27-25+. The Balaban J connectivity index is 1.59. The number of carbonyl (C=O) groups is 2. The summed E-state index contributed by atoms with van der Waals surface area (Å²) < 4.78 is 5.28. The molecule has 0 saturated carbocycles. The molecule has 1 atom stereocenters. The van der Waals surface area contributed by atoms with Gasteiger partial charge in [0.2, 0.25) is 0 Å². The van der Waals surface area contributed by atoms with Crippen LogP contribution in [0.2, 0.25) is 0 Å². The number of Topliss-reactive ketones (excluding diaryl/α,β-unsaturated/α-hetero) is 1. The van der Waals surface area contributed by atoms with Crippen molar-refractivity contribution in [2.24, 2.45) is 0 Å². The number of rotatable bonds is 5. The second-order valence-electron chi connectivity index (χ2n) is 8.88. The molecule has 2 saturated heterocycles. The van der Waals surface area contributed by atoms with Crippen LogP contribution in [0.5, 0.6) is 5.75 Å². The fourth-order valence-corrected chi connectivity index (χ4v) is 4.95. The van der Waals surface area contributed by atoms with Gasteiger partial charge in [-0.05, 0) is 61.2 Å². The predicted molar refractivity (Wildman–Crippen MR) is 137 cm³/mol. The molecule has 6 nitrogen and oxygen atoms in total. The largest absolute Gasteiger partial charge is 0.507 e. The highest BCUT2D eigenvalue weighted by atomic mass is 16.5. The Morgan fingerprint density at radius 3 is 2.23 bits per heavy atom. The maximum Gasteiger partial charge on any atom is 0.300 e. The Hall–Kier alpha value is -4.06. The Morgan fingerprint density at radius 2 is 1.54 bits per heavy atom. The average Bonchev–Trinajstić information content (AvgIpc) is 3.19. The molecule has 2 aliphatic heterocycles. The number of aliphatic hydroxyl groups excluding tert-OH is 1. The number of methoxy groups -OCH3 is 1. The average molecular weight is 469 g/mol. The maximum atomic E-state index is 13.3. The van der Waals surface area contributed by atoms with Crippen molar-refractivity contribution in [2.45, 2.75) is 25.3 Å². The summed E-state index contributed by atoms with van der Waals surface area (Å²) in [5, 5.41) is 11.3. The van der Waals surface area contributed by atoms with E-state index in [1.165, 1.54) is 31.3 Å². The smallest absolute Gasteiger partial charge is 0.300 e. The normalized spacial score (nSPS) is 19.7. The molecule has 3 aromatic rings. The van der Waals surface area contributed by atoms with Gasteiger partial charge >= 0.3 is 0 Å². The van der Waals surface area contributed by atoms with E-state index >= 15 is 0 Å². The van der Waals surface area contributed by atoms with E-state index < -0.39 is 17.7 Å². The van der Waals surface area contributed by atoms with Crippen LogP contribution in [0.4, 0.5) is 11.4 Å². The number of ketones is 1. The van der Waals surface area contributed by atoms with Crippen molar-refractivity contribution < 1.29 is 19.4 Å². The number of nitrogens with zero attached hydrogens (tertiary/aromatic N) is 2. The van der Waals surface area contributed by atoms with E-state index in [4.69, 9.17) is 4.74 Å². The SMILES string of the molecule is COc1cccc(/C(O)=C2\C(=O)C(=O)N(c3ccc(N4CCCCC4)cc3)C2c2ccccc2)c1. The molecule has 1 N–H and O–H groups in total. The molecule has 0 spiro atoms. The van der Waals surface area contributed by atoms with Crippen LogP contribution in [0.15, 0.2) is 84.4 Å². The lowest BCUT2D eigenvalue weighted by atomic mass is 9.95. The Kier molecular flexibility index (Phi) is 6.27. The summed E-state index contributed by atoms with van der Waals surface area (Å²) in [5.74, 6) is -1.04. The molecule has 2 fully saturated rings. The fourth-order valence-electron chi connectivity index (χ4n) is 4.95.